The molecule has 0 aromatic heterocycles. The standard InChI is InChI=1S/C13H19NO2/c1-10(2)12(13(15)16)9-14(3)11-7-5-4-6-8-11/h4-8,10,12H,9H2,1-3H3,(H,15,16). The van der Waals surface area contributed by atoms with E-state index in [0.717, 1.165) is 5.69 Å². The zero-order valence-corrected chi connectivity index (χ0v) is 10.1. The van der Waals surface area contributed by atoms with Gasteiger partial charge < -0.3 is 10.0 Å². The molecule has 3 nitrogen and oxygen atoms in total. The summed E-state index contributed by atoms with van der Waals surface area (Å²) in [7, 11) is 1.92. The summed E-state index contributed by atoms with van der Waals surface area (Å²) in [6.07, 6.45) is 0. The molecule has 1 rings (SSSR count). The van der Waals surface area contributed by atoms with Crippen LogP contribution in [0.1, 0.15) is 13.8 Å². The average Bonchev–Trinajstić information content (AvgIpc) is 2.25. The number of carbonyl (C=O) groups is 1. The number of aliphatic carboxylic acids is 1. The van der Waals surface area contributed by atoms with Gasteiger partial charge in [-0.3, -0.25) is 4.79 Å². The molecule has 0 fully saturated rings. The van der Waals surface area contributed by atoms with Crippen molar-refractivity contribution in [3.63, 3.8) is 0 Å². The molecule has 0 radical (unpaired) electrons. The molecule has 0 aliphatic carbocycles. The van der Waals surface area contributed by atoms with Gasteiger partial charge in [0.05, 0.1) is 5.92 Å². The molecule has 1 N–H and O–H groups in total. The number of benzene rings is 1. The lowest BCUT2D eigenvalue weighted by Gasteiger charge is -2.25. The van der Waals surface area contributed by atoms with Crippen molar-refractivity contribution in [3.05, 3.63) is 30.3 Å². The molecule has 0 saturated carbocycles. The van der Waals surface area contributed by atoms with Crippen LogP contribution in [0.25, 0.3) is 0 Å². The van der Waals surface area contributed by atoms with E-state index >= 15 is 0 Å². The van der Waals surface area contributed by atoms with Crippen molar-refractivity contribution in [2.45, 2.75) is 13.8 Å². The van der Waals surface area contributed by atoms with Crippen LogP contribution in [-0.2, 0) is 4.79 Å². The van der Waals surface area contributed by atoms with Crippen LogP contribution in [-0.4, -0.2) is 24.7 Å². The van der Waals surface area contributed by atoms with Gasteiger partial charge >= 0.3 is 5.97 Å². The minimum Gasteiger partial charge on any atom is -0.481 e. The Hall–Kier alpha value is -1.51. The molecule has 1 unspecified atom stereocenters. The second-order valence-corrected chi connectivity index (χ2v) is 4.40. The first-order valence-corrected chi connectivity index (χ1v) is 5.51. The molecular formula is C13H19NO2. The molecule has 0 amide bonds. The highest BCUT2D eigenvalue weighted by Gasteiger charge is 2.23. The van der Waals surface area contributed by atoms with E-state index in [-0.39, 0.29) is 11.8 Å². The third-order valence-corrected chi connectivity index (χ3v) is 2.79. The summed E-state index contributed by atoms with van der Waals surface area (Å²) in [6, 6.07) is 9.83. The summed E-state index contributed by atoms with van der Waals surface area (Å²) < 4.78 is 0. The van der Waals surface area contributed by atoms with Crippen LogP contribution in [0.4, 0.5) is 5.69 Å². The van der Waals surface area contributed by atoms with Crippen LogP contribution in [0.3, 0.4) is 0 Å². The molecule has 1 aromatic carbocycles. The second kappa shape index (κ2) is 5.54. The molecule has 0 saturated heterocycles. The molecule has 0 bridgehead atoms. The Morgan fingerprint density at radius 1 is 1.31 bits per heavy atom. The number of hydrogen-bond acceptors (Lipinski definition) is 2. The van der Waals surface area contributed by atoms with Gasteiger partial charge in [-0.15, -0.1) is 0 Å². The van der Waals surface area contributed by atoms with Gasteiger partial charge in [0, 0.05) is 19.3 Å². The summed E-state index contributed by atoms with van der Waals surface area (Å²) in [6.45, 7) is 4.42. The molecule has 88 valence electrons. The molecular weight excluding hydrogens is 202 g/mol. The fourth-order valence-corrected chi connectivity index (χ4v) is 1.66. The van der Waals surface area contributed by atoms with Crippen LogP contribution in [0, 0.1) is 11.8 Å². The van der Waals surface area contributed by atoms with E-state index in [9.17, 15) is 4.79 Å². The Morgan fingerprint density at radius 3 is 2.31 bits per heavy atom. The van der Waals surface area contributed by atoms with E-state index in [2.05, 4.69) is 0 Å². The van der Waals surface area contributed by atoms with Crippen LogP contribution in [0.15, 0.2) is 30.3 Å². The Bertz CT molecular complexity index is 335. The second-order valence-electron chi connectivity index (χ2n) is 4.40. The third-order valence-electron chi connectivity index (χ3n) is 2.79. The number of nitrogens with zero attached hydrogens (tertiary/aromatic N) is 1. The first kappa shape index (κ1) is 12.6. The SMILES string of the molecule is CC(C)C(CN(C)c1ccccc1)C(=O)O. The van der Waals surface area contributed by atoms with Gasteiger partial charge in [-0.1, -0.05) is 32.0 Å². The summed E-state index contributed by atoms with van der Waals surface area (Å²) in [5.41, 5.74) is 1.05. The molecule has 3 heteroatoms. The number of para-hydroxylation sites is 1. The van der Waals surface area contributed by atoms with E-state index < -0.39 is 5.97 Å². The van der Waals surface area contributed by atoms with E-state index in [1.165, 1.54) is 0 Å². The minimum absolute atomic E-state index is 0.142. The highest BCUT2D eigenvalue weighted by Crippen LogP contribution is 2.17. The lowest BCUT2D eigenvalue weighted by Crippen LogP contribution is -2.33. The number of rotatable bonds is 5. The Labute approximate surface area is 96.7 Å². The summed E-state index contributed by atoms with van der Waals surface area (Å²) in [4.78, 5) is 13.1. The Balaban J connectivity index is 2.69. The third kappa shape index (κ3) is 3.26. The van der Waals surface area contributed by atoms with Gasteiger partial charge in [-0.2, -0.15) is 0 Å². The highest BCUT2D eigenvalue weighted by atomic mass is 16.4. The van der Waals surface area contributed by atoms with Crippen LogP contribution < -0.4 is 4.90 Å². The van der Waals surface area contributed by atoms with Gasteiger partial charge in [0.2, 0.25) is 0 Å². The lowest BCUT2D eigenvalue weighted by molar-refractivity contribution is -0.142. The minimum atomic E-state index is -0.724. The predicted molar refractivity (Wildman–Crippen MR) is 65.7 cm³/mol. The topological polar surface area (TPSA) is 40.5 Å². The number of anilines is 1. The summed E-state index contributed by atoms with van der Waals surface area (Å²) in [5.74, 6) is -0.911. The zero-order valence-electron chi connectivity index (χ0n) is 10.1. The fraction of sp³-hybridized carbons (Fsp3) is 0.462. The fourth-order valence-electron chi connectivity index (χ4n) is 1.66. The van der Waals surface area contributed by atoms with E-state index in [1.807, 2.05) is 56.1 Å². The predicted octanol–water partition coefficient (Wildman–Crippen LogP) is 2.48. The van der Waals surface area contributed by atoms with Crippen molar-refractivity contribution in [1.29, 1.82) is 0 Å². The maximum atomic E-state index is 11.1. The quantitative estimate of drug-likeness (QED) is 0.830. The molecule has 0 aliphatic rings. The Kier molecular flexibility index (Phi) is 4.35. The molecule has 16 heavy (non-hydrogen) atoms. The monoisotopic (exact) mass is 221 g/mol. The molecule has 0 heterocycles. The van der Waals surface area contributed by atoms with Gasteiger partial charge in [0.1, 0.15) is 0 Å². The van der Waals surface area contributed by atoms with E-state index in [0.29, 0.717) is 6.54 Å². The van der Waals surface area contributed by atoms with Gasteiger partial charge in [0.25, 0.3) is 0 Å². The maximum Gasteiger partial charge on any atom is 0.308 e. The molecule has 0 spiro atoms. The average molecular weight is 221 g/mol. The summed E-state index contributed by atoms with van der Waals surface area (Å²) >= 11 is 0. The van der Waals surface area contributed by atoms with Crippen molar-refractivity contribution in [2.75, 3.05) is 18.5 Å². The van der Waals surface area contributed by atoms with Crippen molar-refractivity contribution in [3.8, 4) is 0 Å². The molecule has 1 aromatic rings. The van der Waals surface area contributed by atoms with Gasteiger partial charge in [-0.25, -0.2) is 0 Å². The van der Waals surface area contributed by atoms with Crippen molar-refractivity contribution < 1.29 is 9.90 Å². The largest absolute Gasteiger partial charge is 0.481 e. The van der Waals surface area contributed by atoms with Crippen LogP contribution in [0.5, 0.6) is 0 Å². The molecule has 1 atom stereocenters. The van der Waals surface area contributed by atoms with Crippen LogP contribution >= 0.6 is 0 Å². The maximum absolute atomic E-state index is 11.1. The van der Waals surface area contributed by atoms with Crippen molar-refractivity contribution in [1.82, 2.24) is 0 Å². The van der Waals surface area contributed by atoms with Crippen molar-refractivity contribution in [2.24, 2.45) is 11.8 Å². The zero-order chi connectivity index (χ0) is 12.1. The van der Waals surface area contributed by atoms with Gasteiger partial charge in [-0.05, 0) is 18.1 Å². The lowest BCUT2D eigenvalue weighted by atomic mass is 9.95. The van der Waals surface area contributed by atoms with Crippen molar-refractivity contribution >= 4 is 11.7 Å². The Morgan fingerprint density at radius 2 is 1.88 bits per heavy atom. The first-order chi connectivity index (χ1) is 7.52. The highest BCUT2D eigenvalue weighted by molar-refractivity contribution is 5.71. The summed E-state index contributed by atoms with van der Waals surface area (Å²) in [5, 5.41) is 9.11. The van der Waals surface area contributed by atoms with Gasteiger partial charge in [0.15, 0.2) is 0 Å². The van der Waals surface area contributed by atoms with E-state index in [1.54, 1.807) is 0 Å². The number of hydrogen-bond donors (Lipinski definition) is 1. The number of carboxylic acids is 1. The normalized spacial score (nSPS) is 12.5. The first-order valence-electron chi connectivity index (χ1n) is 5.51. The smallest absolute Gasteiger partial charge is 0.308 e. The number of carboxylic acid groups (broad SMARTS) is 1. The van der Waals surface area contributed by atoms with Crippen LogP contribution in [0.2, 0.25) is 0 Å². The molecule has 0 aliphatic heterocycles. The van der Waals surface area contributed by atoms with E-state index in [4.69, 9.17) is 5.11 Å².